The topological polar surface area (TPSA) is 81.5 Å². The first-order valence-electron chi connectivity index (χ1n) is 28.8. The van der Waals surface area contributed by atoms with E-state index in [1.807, 2.05) is 32.9 Å². The highest BCUT2D eigenvalue weighted by Gasteiger charge is 2.79. The second-order valence-electron chi connectivity index (χ2n) is 28.8. The average molecular weight is 985 g/mol. The first-order chi connectivity index (χ1) is 38.8. The van der Waals surface area contributed by atoms with Crippen molar-refractivity contribution in [2.75, 3.05) is 0 Å². The molecule has 0 amide bonds. The lowest BCUT2D eigenvalue weighted by molar-refractivity contribution is -0.384. The number of nitro benzene ring substituents is 1. The molecule has 0 radical (unpaired) electrons. The van der Waals surface area contributed by atoms with E-state index in [1.54, 1.807) is 109 Å². The van der Waals surface area contributed by atoms with Crippen molar-refractivity contribution in [2.45, 2.75) is 49.3 Å². The maximum absolute atomic E-state index is 16.7. The zero-order chi connectivity index (χ0) is 48.7. The van der Waals surface area contributed by atoms with Crippen LogP contribution < -0.4 is 5.32 Å². The molecule has 0 aromatic heterocycles. The molecule has 0 unspecified atom stereocenters. The highest BCUT2D eigenvalue weighted by atomic mass is 16.6. The molecule has 2 atom stereocenters. The van der Waals surface area contributed by atoms with E-state index in [9.17, 15) is 10.1 Å². The summed E-state index contributed by atoms with van der Waals surface area (Å²) in [5.74, 6) is -0.200. The van der Waals surface area contributed by atoms with Crippen LogP contribution in [0.2, 0.25) is 0 Å². The Hall–Kier alpha value is -9.49. The van der Waals surface area contributed by atoms with Gasteiger partial charge in [-0.25, -0.2) is 0 Å². The fourth-order valence-electron chi connectivity index (χ4n) is 26.6. The zero-order valence-electron chi connectivity index (χ0n) is 41.0. The van der Waals surface area contributed by atoms with Crippen LogP contribution in [0.3, 0.4) is 0 Å². The van der Waals surface area contributed by atoms with E-state index in [2.05, 4.69) is 5.32 Å². The van der Waals surface area contributed by atoms with Crippen molar-refractivity contribution in [3.05, 3.63) is 62.2 Å². The third-order valence-corrected chi connectivity index (χ3v) is 26.7. The molecular formula is C73H16N2O4. The zero-order valence-corrected chi connectivity index (χ0v) is 41.0. The minimum atomic E-state index is -0.951. The van der Waals surface area contributed by atoms with Crippen LogP contribution in [-0.2, 0) is 20.4 Å². The van der Waals surface area contributed by atoms with E-state index < -0.39 is 28.5 Å². The number of benzene rings is 19. The van der Waals surface area contributed by atoms with Gasteiger partial charge in [-0.3, -0.25) is 20.2 Å². The summed E-state index contributed by atoms with van der Waals surface area (Å²) in [5, 5.41) is 98.5. The standard InChI is InChI=1S/C73H16N2O4/c1-71(2,3)79-70(76)69-73-66-60-50-40-30-22-14-11-10-12-16-18(14)26-32-24(16)34-28-20(12)21-13(10)17-19-15(11)23(22)31-37-27(19)33-25(17)35-29(21)39-38(28)48-42(34)52-46(32)54(44(50)36(26)30)62(66)58(52)64-56(48)57-49(39)43(35)53-47(33)55-45(37)51(41(31)40)61(60)67(73)63(55)59(53)65(57)72(64,73)68(74-69)8-4-6-9(7-5-8)75(77)78/h4-7,68-69,74H,1-3H3/t68-,69+,72?,73?/m1/s1. The smallest absolute Gasteiger partial charge is 0.325 e. The molecule has 1 saturated heterocycles. The lowest BCUT2D eigenvalue weighted by atomic mass is 9.46. The Morgan fingerprint density at radius 1 is 0.367 bits per heavy atom. The molecule has 5 aliphatic rings. The minimum Gasteiger partial charge on any atom is -0.459 e. The van der Waals surface area contributed by atoms with Crippen molar-refractivity contribution in [2.24, 2.45) is 0 Å². The summed E-state index contributed by atoms with van der Waals surface area (Å²) in [4.78, 5) is 29.2. The largest absolute Gasteiger partial charge is 0.459 e. The second kappa shape index (κ2) is 7.32. The lowest BCUT2D eigenvalue weighted by Gasteiger charge is -2.53. The second-order valence-corrected chi connectivity index (χ2v) is 28.8. The minimum absolute atomic E-state index is 0.0819. The third kappa shape index (κ3) is 1.83. The summed E-state index contributed by atoms with van der Waals surface area (Å²) >= 11 is 0. The number of hydrogen-bond donors (Lipinski definition) is 1. The number of hydrogen-bond acceptors (Lipinski definition) is 5. The Labute approximate surface area is 431 Å². The quantitative estimate of drug-likeness (QED) is 0.0825. The highest BCUT2D eigenvalue weighted by molar-refractivity contribution is 6.82. The van der Waals surface area contributed by atoms with Crippen LogP contribution in [0.25, 0.3) is 291 Å². The maximum Gasteiger partial charge on any atom is 0.325 e. The van der Waals surface area contributed by atoms with Gasteiger partial charge in [0.05, 0.1) is 15.8 Å². The van der Waals surface area contributed by atoms with E-state index >= 15 is 4.79 Å². The van der Waals surface area contributed by atoms with Gasteiger partial charge in [0, 0.05) is 18.2 Å². The van der Waals surface area contributed by atoms with Crippen LogP contribution in [0.4, 0.5) is 5.69 Å². The van der Waals surface area contributed by atoms with Gasteiger partial charge in [0.25, 0.3) is 5.69 Å². The molecule has 79 heavy (non-hydrogen) atoms. The lowest BCUT2D eigenvalue weighted by Crippen LogP contribution is -2.57. The number of esters is 1. The molecule has 4 aliphatic carbocycles. The Morgan fingerprint density at radius 3 is 0.772 bits per heavy atom. The first kappa shape index (κ1) is 31.7. The molecule has 6 nitrogen and oxygen atoms in total. The Bertz CT molecular complexity index is 7630. The normalized spacial score (nSPS) is 23.3. The number of nitrogens with one attached hydrogen (secondary N) is 1. The summed E-state index contributed by atoms with van der Waals surface area (Å²) in [6.45, 7) is 6.11. The SMILES string of the molecule is CC(C)(C)OC(=O)[C@@H]1N[C@H](c2ccc([N+](=O)[O-])cc2)C23c4c5c6c7c8c9c(c%10c%11c2c2c4c4c%12c5c5c6c6c8c8c%13c9c9c%10c%10c%11c%11c2c2c4c4c%12c%12c5c5c6c8c6c8c%13c9c9c%10c%10c%11c2c2c4c4c%12c5c6c5c8c9c%10c2c45)C713. The molecule has 1 heterocycles. The van der Waals surface area contributed by atoms with Crippen LogP contribution in [0.5, 0.6) is 0 Å². The molecule has 2 spiro atoms. The number of non-ortho nitro benzene ring substituents is 1. The summed E-state index contributed by atoms with van der Waals surface area (Å²) in [7, 11) is 0. The summed E-state index contributed by atoms with van der Waals surface area (Å²) in [6, 6.07) is 6.33. The molecule has 34 rings (SSSR count). The van der Waals surface area contributed by atoms with Crippen LogP contribution >= 0.6 is 0 Å². The molecule has 0 bridgehead atoms. The van der Waals surface area contributed by atoms with Crippen LogP contribution in [-0.4, -0.2) is 22.5 Å². The molecule has 6 heteroatoms. The molecule has 29 aromatic rings. The van der Waals surface area contributed by atoms with Gasteiger partial charge >= 0.3 is 5.97 Å². The first-order valence-corrected chi connectivity index (χ1v) is 28.8. The number of nitro groups is 1. The molecular weight excluding hydrogens is 969 g/mol. The predicted octanol–water partition coefficient (Wildman–Crippen LogP) is 18.3. The fraction of sp³-hybridized carbons (Fsp3) is 0.110. The summed E-state index contributed by atoms with van der Waals surface area (Å²) in [6.07, 6.45) is 0. The molecule has 342 valence electrons. The van der Waals surface area contributed by atoms with E-state index in [0.29, 0.717) is 0 Å². The van der Waals surface area contributed by atoms with E-state index in [1.165, 1.54) is 216 Å². The van der Waals surface area contributed by atoms with Gasteiger partial charge in [0.1, 0.15) is 11.6 Å². The summed E-state index contributed by atoms with van der Waals surface area (Å²) in [5.41, 5.74) is 4.15. The van der Waals surface area contributed by atoms with Gasteiger partial charge < -0.3 is 4.74 Å². The van der Waals surface area contributed by atoms with Gasteiger partial charge in [0.2, 0.25) is 0 Å². The molecule has 1 N–H and O–H groups in total. The van der Waals surface area contributed by atoms with Crippen LogP contribution in [0, 0.1) is 10.1 Å². The van der Waals surface area contributed by atoms with Gasteiger partial charge in [0.15, 0.2) is 0 Å². The van der Waals surface area contributed by atoms with Crippen molar-refractivity contribution in [3.8, 4) is 0 Å². The van der Waals surface area contributed by atoms with Crippen molar-refractivity contribution < 1.29 is 14.5 Å². The highest BCUT2D eigenvalue weighted by Crippen LogP contribution is 2.87. The van der Waals surface area contributed by atoms with Crippen molar-refractivity contribution in [3.63, 3.8) is 0 Å². The fourth-order valence-corrected chi connectivity index (χ4v) is 26.6. The van der Waals surface area contributed by atoms with E-state index in [4.69, 9.17) is 4.74 Å². The van der Waals surface area contributed by atoms with Gasteiger partial charge in [-0.2, -0.15) is 0 Å². The van der Waals surface area contributed by atoms with Gasteiger partial charge in [-0.1, -0.05) is 12.1 Å². The molecule has 0 saturated carbocycles. The van der Waals surface area contributed by atoms with Gasteiger partial charge in [-0.15, -0.1) is 0 Å². The summed E-state index contributed by atoms with van der Waals surface area (Å²) < 4.78 is 7.01. The number of rotatable bonds is 3. The Balaban J connectivity index is 1.08. The maximum atomic E-state index is 16.7. The monoisotopic (exact) mass is 984 g/mol. The average Bonchev–Trinajstić information content (AvgIpc) is 1.41. The van der Waals surface area contributed by atoms with Crippen molar-refractivity contribution >= 4 is 303 Å². The van der Waals surface area contributed by atoms with Crippen molar-refractivity contribution in [1.29, 1.82) is 0 Å². The Kier molecular flexibility index (Phi) is 2.93. The molecule has 1 fully saturated rings. The number of nitrogens with zero attached hydrogens (tertiary/aromatic N) is 1. The van der Waals surface area contributed by atoms with E-state index in [0.717, 1.165) is 5.56 Å². The van der Waals surface area contributed by atoms with Crippen LogP contribution in [0.15, 0.2) is 24.3 Å². The Morgan fingerprint density at radius 2 is 0.570 bits per heavy atom. The van der Waals surface area contributed by atoms with E-state index in [-0.39, 0.29) is 16.6 Å². The number of ether oxygens (including phenoxy) is 1. The molecule has 1 aliphatic heterocycles. The predicted molar refractivity (Wildman–Crippen MR) is 322 cm³/mol. The van der Waals surface area contributed by atoms with Gasteiger partial charge in [-0.05, 0) is 339 Å². The number of carbonyl (C=O) groups is 1. The molecule has 29 aromatic carbocycles. The third-order valence-electron chi connectivity index (χ3n) is 26.7. The number of carbonyl (C=O) groups excluding carboxylic acids is 1. The van der Waals surface area contributed by atoms with Crippen LogP contribution in [0.1, 0.15) is 54.6 Å². The van der Waals surface area contributed by atoms with Crippen molar-refractivity contribution in [1.82, 2.24) is 5.32 Å².